The van der Waals surface area contributed by atoms with Gasteiger partial charge in [-0.1, -0.05) is 62.4 Å². The first-order chi connectivity index (χ1) is 12.6. The minimum absolute atomic E-state index is 0.0533. The Balaban J connectivity index is 1.71. The summed E-state index contributed by atoms with van der Waals surface area (Å²) >= 11 is 0. The smallest absolute Gasteiger partial charge is 0.409 e. The number of rotatable bonds is 7. The summed E-state index contributed by atoms with van der Waals surface area (Å²) in [5, 5.41) is 9.24. The number of benzene rings is 2. The first-order valence-electron chi connectivity index (χ1n) is 9.32. The van der Waals surface area contributed by atoms with E-state index >= 15 is 0 Å². The van der Waals surface area contributed by atoms with E-state index in [2.05, 4.69) is 38.1 Å². The molecule has 0 unspecified atom stereocenters. The van der Waals surface area contributed by atoms with E-state index in [0.717, 1.165) is 6.42 Å². The molecular formula is C22H27NO3. The molecule has 0 saturated carbocycles. The van der Waals surface area contributed by atoms with Crippen molar-refractivity contribution in [2.24, 2.45) is 5.92 Å². The lowest BCUT2D eigenvalue weighted by Gasteiger charge is -2.23. The summed E-state index contributed by atoms with van der Waals surface area (Å²) in [6.45, 7) is 5.42. The zero-order valence-electron chi connectivity index (χ0n) is 15.5. The Morgan fingerprint density at radius 2 is 1.62 bits per heavy atom. The van der Waals surface area contributed by atoms with Crippen molar-refractivity contribution in [1.82, 2.24) is 4.90 Å². The largest absolute Gasteiger partial charge is 0.448 e. The normalized spacial score (nSPS) is 12.8. The third kappa shape index (κ3) is 3.91. The quantitative estimate of drug-likeness (QED) is 0.808. The Bertz CT molecular complexity index is 711. The van der Waals surface area contributed by atoms with Crippen LogP contribution in [0.4, 0.5) is 4.79 Å². The zero-order valence-corrected chi connectivity index (χ0v) is 15.5. The number of aliphatic hydroxyl groups excluding tert-OH is 1. The topological polar surface area (TPSA) is 49.8 Å². The van der Waals surface area contributed by atoms with Gasteiger partial charge < -0.3 is 14.7 Å². The number of hydrogen-bond donors (Lipinski definition) is 1. The Morgan fingerprint density at radius 3 is 2.15 bits per heavy atom. The number of amides is 1. The lowest BCUT2D eigenvalue weighted by Crippen LogP contribution is -2.36. The van der Waals surface area contributed by atoms with E-state index in [0.29, 0.717) is 25.6 Å². The second kappa shape index (κ2) is 8.37. The number of carbonyl (C=O) groups excluding carboxylic acids is 1. The molecule has 138 valence electrons. The van der Waals surface area contributed by atoms with Crippen molar-refractivity contribution in [3.63, 3.8) is 0 Å². The molecule has 1 N–H and O–H groups in total. The average molecular weight is 353 g/mol. The maximum Gasteiger partial charge on any atom is 0.409 e. The van der Waals surface area contributed by atoms with Crippen molar-refractivity contribution in [3.05, 3.63) is 59.7 Å². The van der Waals surface area contributed by atoms with Crippen LogP contribution in [0.1, 0.15) is 37.3 Å². The second-order valence-corrected chi connectivity index (χ2v) is 7.20. The molecule has 0 spiro atoms. The van der Waals surface area contributed by atoms with Gasteiger partial charge in [0.25, 0.3) is 0 Å². The molecule has 0 fully saturated rings. The monoisotopic (exact) mass is 353 g/mol. The average Bonchev–Trinajstić information content (AvgIpc) is 2.97. The molecule has 1 aliphatic rings. The molecule has 0 aliphatic heterocycles. The molecule has 26 heavy (non-hydrogen) atoms. The van der Waals surface area contributed by atoms with Crippen molar-refractivity contribution in [1.29, 1.82) is 0 Å². The van der Waals surface area contributed by atoms with Gasteiger partial charge in [-0.3, -0.25) is 0 Å². The van der Waals surface area contributed by atoms with Gasteiger partial charge in [-0.05, 0) is 34.6 Å². The van der Waals surface area contributed by atoms with Gasteiger partial charge in [0.05, 0.1) is 6.61 Å². The maximum atomic E-state index is 12.5. The van der Waals surface area contributed by atoms with E-state index in [9.17, 15) is 9.90 Å². The van der Waals surface area contributed by atoms with Crippen LogP contribution in [-0.2, 0) is 4.74 Å². The zero-order chi connectivity index (χ0) is 18.5. The molecule has 0 atom stereocenters. The number of ether oxygens (including phenoxy) is 1. The first kappa shape index (κ1) is 18.5. The Kier molecular flexibility index (Phi) is 5.94. The lowest BCUT2D eigenvalue weighted by molar-refractivity contribution is 0.0901. The van der Waals surface area contributed by atoms with Crippen molar-refractivity contribution in [3.8, 4) is 11.1 Å². The second-order valence-electron chi connectivity index (χ2n) is 7.20. The number of aliphatic hydroxyl groups is 1. The summed E-state index contributed by atoms with van der Waals surface area (Å²) in [7, 11) is 0. The number of fused-ring (bicyclic) bond motifs is 3. The van der Waals surface area contributed by atoms with Gasteiger partial charge in [0.2, 0.25) is 0 Å². The molecule has 2 aromatic rings. The molecule has 2 aromatic carbocycles. The van der Waals surface area contributed by atoms with Crippen LogP contribution in [0.3, 0.4) is 0 Å². The highest BCUT2D eigenvalue weighted by molar-refractivity contribution is 5.79. The van der Waals surface area contributed by atoms with Gasteiger partial charge >= 0.3 is 6.09 Å². The van der Waals surface area contributed by atoms with Crippen molar-refractivity contribution < 1.29 is 14.6 Å². The first-order valence-corrected chi connectivity index (χ1v) is 9.32. The Morgan fingerprint density at radius 1 is 1.04 bits per heavy atom. The minimum Gasteiger partial charge on any atom is -0.448 e. The molecule has 3 rings (SSSR count). The van der Waals surface area contributed by atoms with Crippen LogP contribution >= 0.6 is 0 Å². The fourth-order valence-electron chi connectivity index (χ4n) is 3.51. The molecule has 0 radical (unpaired) electrons. The Hall–Kier alpha value is -2.33. The molecular weight excluding hydrogens is 326 g/mol. The minimum atomic E-state index is -0.346. The van der Waals surface area contributed by atoms with Crippen LogP contribution in [0.25, 0.3) is 11.1 Å². The lowest BCUT2D eigenvalue weighted by atomic mass is 9.98. The predicted octanol–water partition coefficient (Wildman–Crippen LogP) is 4.28. The molecule has 0 heterocycles. The van der Waals surface area contributed by atoms with Crippen LogP contribution in [0.5, 0.6) is 0 Å². The van der Waals surface area contributed by atoms with Crippen LogP contribution in [0, 0.1) is 5.92 Å². The van der Waals surface area contributed by atoms with Crippen LogP contribution in [0.15, 0.2) is 48.5 Å². The molecule has 0 aromatic heterocycles. The van der Waals surface area contributed by atoms with Gasteiger partial charge in [0.1, 0.15) is 6.61 Å². The highest BCUT2D eigenvalue weighted by Crippen LogP contribution is 2.44. The molecule has 0 bridgehead atoms. The summed E-state index contributed by atoms with van der Waals surface area (Å²) < 4.78 is 5.66. The van der Waals surface area contributed by atoms with Crippen molar-refractivity contribution >= 4 is 6.09 Å². The van der Waals surface area contributed by atoms with Gasteiger partial charge in [0.15, 0.2) is 0 Å². The van der Waals surface area contributed by atoms with Crippen LogP contribution in [-0.4, -0.2) is 42.4 Å². The highest BCUT2D eigenvalue weighted by Gasteiger charge is 2.29. The van der Waals surface area contributed by atoms with E-state index < -0.39 is 0 Å². The third-order valence-electron chi connectivity index (χ3n) is 4.94. The van der Waals surface area contributed by atoms with E-state index in [-0.39, 0.29) is 18.6 Å². The third-order valence-corrected chi connectivity index (χ3v) is 4.94. The van der Waals surface area contributed by atoms with Crippen LogP contribution < -0.4 is 0 Å². The van der Waals surface area contributed by atoms with E-state index in [4.69, 9.17) is 4.74 Å². The summed E-state index contributed by atoms with van der Waals surface area (Å²) in [5.41, 5.74) is 4.85. The molecule has 4 heteroatoms. The van der Waals surface area contributed by atoms with E-state index in [1.165, 1.54) is 22.3 Å². The van der Waals surface area contributed by atoms with E-state index in [1.807, 2.05) is 24.3 Å². The predicted molar refractivity (Wildman–Crippen MR) is 103 cm³/mol. The SMILES string of the molecule is CC(C)CCN(CCO)C(=O)OCC1c2ccccc2-c2ccccc21. The summed E-state index contributed by atoms with van der Waals surface area (Å²) in [4.78, 5) is 14.1. The number of hydrogen-bond acceptors (Lipinski definition) is 3. The van der Waals surface area contributed by atoms with Gasteiger partial charge in [-0.2, -0.15) is 0 Å². The van der Waals surface area contributed by atoms with Gasteiger partial charge in [-0.25, -0.2) is 4.79 Å². The molecule has 4 nitrogen and oxygen atoms in total. The summed E-state index contributed by atoms with van der Waals surface area (Å²) in [5.74, 6) is 0.560. The fraction of sp³-hybridized carbons (Fsp3) is 0.409. The van der Waals surface area contributed by atoms with Crippen molar-refractivity contribution in [2.75, 3.05) is 26.3 Å². The van der Waals surface area contributed by atoms with Crippen molar-refractivity contribution in [2.45, 2.75) is 26.2 Å². The van der Waals surface area contributed by atoms with Gasteiger partial charge in [0, 0.05) is 19.0 Å². The standard InChI is InChI=1S/C22H27NO3/c1-16(2)11-12-23(13-14-24)22(25)26-15-21-19-9-5-3-7-17(19)18-8-4-6-10-20(18)21/h3-10,16,21,24H,11-15H2,1-2H3. The Labute approximate surface area is 155 Å². The van der Waals surface area contributed by atoms with E-state index in [1.54, 1.807) is 4.90 Å². The fourth-order valence-corrected chi connectivity index (χ4v) is 3.51. The molecule has 0 saturated heterocycles. The summed E-state index contributed by atoms with van der Waals surface area (Å²) in [6, 6.07) is 16.6. The van der Waals surface area contributed by atoms with Crippen LogP contribution in [0.2, 0.25) is 0 Å². The molecule has 1 aliphatic carbocycles. The number of carbonyl (C=O) groups is 1. The number of nitrogens with zero attached hydrogens (tertiary/aromatic N) is 1. The molecule has 1 amide bonds. The summed E-state index contributed by atoms with van der Waals surface area (Å²) in [6.07, 6.45) is 0.547. The van der Waals surface area contributed by atoms with Gasteiger partial charge in [-0.15, -0.1) is 0 Å². The highest BCUT2D eigenvalue weighted by atomic mass is 16.6. The maximum absolute atomic E-state index is 12.5.